The third-order valence-corrected chi connectivity index (χ3v) is 11.5. The largest absolute Gasteiger partial charge is 0.455 e. The SMILES string of the molecule is c1ccc2c(c1)oc1c(-c3nc(-n4c5ccccc5c5c6c(ccc54)sc4ccccc46)nc4sc5ccccc5c34)cccc12. The predicted molar refractivity (Wildman–Crippen MR) is 195 cm³/mol. The molecule has 0 amide bonds. The first-order valence-corrected chi connectivity index (χ1v) is 16.9. The molecule has 0 spiro atoms. The summed E-state index contributed by atoms with van der Waals surface area (Å²) in [6.07, 6.45) is 0. The highest BCUT2D eigenvalue weighted by molar-refractivity contribution is 7.26. The average molecular weight is 624 g/mol. The second kappa shape index (κ2) is 9.01. The molecule has 0 unspecified atom stereocenters. The van der Waals surface area contributed by atoms with Crippen molar-refractivity contribution in [2.75, 3.05) is 0 Å². The van der Waals surface area contributed by atoms with E-state index >= 15 is 0 Å². The fourth-order valence-electron chi connectivity index (χ4n) is 7.33. The number of rotatable bonds is 2. The number of thiophene rings is 2. The number of fused-ring (bicyclic) bond motifs is 13. The van der Waals surface area contributed by atoms with Crippen LogP contribution < -0.4 is 0 Å². The lowest BCUT2D eigenvalue weighted by molar-refractivity contribution is 0.670. The van der Waals surface area contributed by atoms with Crippen molar-refractivity contribution < 1.29 is 4.42 Å². The van der Waals surface area contributed by atoms with Crippen molar-refractivity contribution in [3.63, 3.8) is 0 Å². The molecule has 0 bridgehead atoms. The van der Waals surface area contributed by atoms with E-state index < -0.39 is 0 Å². The van der Waals surface area contributed by atoms with Crippen molar-refractivity contribution in [2.24, 2.45) is 0 Å². The zero-order valence-corrected chi connectivity index (χ0v) is 25.8. The molecule has 4 nitrogen and oxygen atoms in total. The van der Waals surface area contributed by atoms with Crippen molar-refractivity contribution >= 4 is 107 Å². The second-order valence-electron chi connectivity index (χ2n) is 11.7. The summed E-state index contributed by atoms with van der Waals surface area (Å²) in [7, 11) is 0. The maximum atomic E-state index is 6.56. The van der Waals surface area contributed by atoms with Gasteiger partial charge in [0.25, 0.3) is 0 Å². The minimum atomic E-state index is 0.659. The molecule has 0 aliphatic heterocycles. The zero-order valence-electron chi connectivity index (χ0n) is 24.2. The van der Waals surface area contributed by atoms with Gasteiger partial charge in [0.2, 0.25) is 5.95 Å². The van der Waals surface area contributed by atoms with Gasteiger partial charge in [-0.05, 0) is 42.5 Å². The van der Waals surface area contributed by atoms with E-state index in [2.05, 4.69) is 120 Å². The molecule has 0 saturated carbocycles. The van der Waals surface area contributed by atoms with E-state index in [9.17, 15) is 0 Å². The molecular formula is C40H21N3OS2. The summed E-state index contributed by atoms with van der Waals surface area (Å²) in [5.74, 6) is 0.659. The highest BCUT2D eigenvalue weighted by Crippen LogP contribution is 2.45. The van der Waals surface area contributed by atoms with E-state index in [1.807, 2.05) is 23.5 Å². The van der Waals surface area contributed by atoms with Crippen LogP contribution in [-0.4, -0.2) is 14.5 Å². The molecular weight excluding hydrogens is 603 g/mol. The van der Waals surface area contributed by atoms with Crippen LogP contribution in [0.1, 0.15) is 0 Å². The van der Waals surface area contributed by atoms with Crippen molar-refractivity contribution in [1.82, 2.24) is 14.5 Å². The summed E-state index contributed by atoms with van der Waals surface area (Å²) >= 11 is 3.56. The van der Waals surface area contributed by atoms with Crippen LogP contribution in [0.5, 0.6) is 0 Å². The topological polar surface area (TPSA) is 43.9 Å². The first kappa shape index (κ1) is 24.7. The van der Waals surface area contributed by atoms with Crippen LogP contribution in [0, 0.1) is 0 Å². The summed E-state index contributed by atoms with van der Waals surface area (Å²) in [6, 6.07) is 45.0. The summed E-state index contributed by atoms with van der Waals surface area (Å²) in [6.45, 7) is 0. The Hall–Kier alpha value is -5.56. The number of hydrogen-bond donors (Lipinski definition) is 0. The molecule has 214 valence electrons. The Bertz CT molecular complexity index is 3050. The van der Waals surface area contributed by atoms with Crippen LogP contribution in [0.3, 0.4) is 0 Å². The molecule has 0 aliphatic carbocycles. The van der Waals surface area contributed by atoms with E-state index in [1.54, 1.807) is 11.3 Å². The van der Waals surface area contributed by atoms with Crippen LogP contribution in [0.25, 0.3) is 101 Å². The van der Waals surface area contributed by atoms with Crippen molar-refractivity contribution in [1.29, 1.82) is 0 Å². The van der Waals surface area contributed by atoms with Crippen LogP contribution in [-0.2, 0) is 0 Å². The van der Waals surface area contributed by atoms with Gasteiger partial charge in [0, 0.05) is 62.8 Å². The molecule has 6 heteroatoms. The number of furan rings is 1. The van der Waals surface area contributed by atoms with E-state index in [1.165, 1.54) is 35.6 Å². The van der Waals surface area contributed by atoms with Gasteiger partial charge in [-0.15, -0.1) is 22.7 Å². The summed E-state index contributed by atoms with van der Waals surface area (Å²) in [5.41, 5.74) is 5.77. The van der Waals surface area contributed by atoms with Gasteiger partial charge in [0.15, 0.2) is 0 Å². The van der Waals surface area contributed by atoms with Gasteiger partial charge >= 0.3 is 0 Å². The molecule has 6 aromatic carbocycles. The highest BCUT2D eigenvalue weighted by atomic mass is 32.1. The summed E-state index contributed by atoms with van der Waals surface area (Å²) in [5, 5.41) is 9.44. The molecule has 0 radical (unpaired) electrons. The Morgan fingerprint density at radius 3 is 2.04 bits per heavy atom. The van der Waals surface area contributed by atoms with Gasteiger partial charge < -0.3 is 4.42 Å². The van der Waals surface area contributed by atoms with Gasteiger partial charge in [-0.25, -0.2) is 9.97 Å². The Morgan fingerprint density at radius 2 is 1.17 bits per heavy atom. The van der Waals surface area contributed by atoms with E-state index in [-0.39, 0.29) is 0 Å². The summed E-state index contributed by atoms with van der Waals surface area (Å²) in [4.78, 5) is 11.8. The minimum absolute atomic E-state index is 0.659. The normalized spacial score (nSPS) is 12.3. The van der Waals surface area contributed by atoms with E-state index in [0.717, 1.165) is 59.8 Å². The molecule has 0 atom stereocenters. The lowest BCUT2D eigenvalue weighted by Gasteiger charge is -2.10. The van der Waals surface area contributed by atoms with Crippen LogP contribution in [0.15, 0.2) is 132 Å². The highest BCUT2D eigenvalue weighted by Gasteiger charge is 2.23. The van der Waals surface area contributed by atoms with E-state index in [4.69, 9.17) is 14.4 Å². The molecule has 0 fully saturated rings. The average Bonchev–Trinajstić information content (AvgIpc) is 3.86. The smallest absolute Gasteiger partial charge is 0.236 e. The molecule has 11 rings (SSSR count). The van der Waals surface area contributed by atoms with Crippen molar-refractivity contribution in [3.8, 4) is 17.2 Å². The number of hydrogen-bond acceptors (Lipinski definition) is 5. The second-order valence-corrected chi connectivity index (χ2v) is 13.8. The van der Waals surface area contributed by atoms with Crippen LogP contribution in [0.2, 0.25) is 0 Å². The maximum absolute atomic E-state index is 6.56. The van der Waals surface area contributed by atoms with E-state index in [0.29, 0.717) is 5.95 Å². The van der Waals surface area contributed by atoms with Crippen LogP contribution in [0.4, 0.5) is 0 Å². The van der Waals surface area contributed by atoms with Crippen molar-refractivity contribution in [3.05, 3.63) is 127 Å². The van der Waals surface area contributed by atoms with Gasteiger partial charge in [0.05, 0.1) is 16.7 Å². The fourth-order valence-corrected chi connectivity index (χ4v) is 9.52. The Labute approximate surface area is 269 Å². The standard InChI is InChI=1S/C40H21N3OS2/c1-5-16-28-24(11-1)34-29(20-21-33-35(34)25-12-3-7-18-31(25)45-33)43(28)40-41-37(36-26-13-4-8-19-32(26)46-39(36)42-40)27-15-9-14-23-22-10-2-6-17-30(22)44-38(23)27/h1-21H. The molecule has 0 N–H and O–H groups in total. The zero-order chi connectivity index (χ0) is 29.9. The third kappa shape index (κ3) is 3.22. The number of aromatic nitrogens is 3. The molecule has 11 aromatic rings. The van der Waals surface area contributed by atoms with Gasteiger partial charge in [-0.2, -0.15) is 0 Å². The molecule has 5 heterocycles. The van der Waals surface area contributed by atoms with Crippen LogP contribution >= 0.6 is 22.7 Å². The van der Waals surface area contributed by atoms with Crippen molar-refractivity contribution in [2.45, 2.75) is 0 Å². The number of nitrogens with zero attached hydrogens (tertiary/aromatic N) is 3. The molecule has 0 aliphatic rings. The maximum Gasteiger partial charge on any atom is 0.236 e. The number of para-hydroxylation sites is 3. The lowest BCUT2D eigenvalue weighted by Crippen LogP contribution is -2.02. The molecule has 0 saturated heterocycles. The minimum Gasteiger partial charge on any atom is -0.455 e. The lowest BCUT2D eigenvalue weighted by atomic mass is 10.0. The third-order valence-electron chi connectivity index (χ3n) is 9.26. The fraction of sp³-hybridized carbons (Fsp3) is 0. The molecule has 46 heavy (non-hydrogen) atoms. The molecule has 5 aromatic heterocycles. The Kier molecular flexibility index (Phi) is 4.84. The van der Waals surface area contributed by atoms with Gasteiger partial charge in [0.1, 0.15) is 16.0 Å². The quantitative estimate of drug-likeness (QED) is 0.192. The predicted octanol–water partition coefficient (Wildman–Crippen LogP) is 11.9. The van der Waals surface area contributed by atoms with Gasteiger partial charge in [-0.1, -0.05) is 84.9 Å². The first-order chi connectivity index (χ1) is 22.8. The monoisotopic (exact) mass is 623 g/mol. The first-order valence-electron chi connectivity index (χ1n) is 15.3. The summed E-state index contributed by atoms with van der Waals surface area (Å²) < 4.78 is 12.6. The Morgan fingerprint density at radius 1 is 0.478 bits per heavy atom. The Balaban J connectivity index is 1.31. The number of benzene rings is 6. The van der Waals surface area contributed by atoms with Gasteiger partial charge in [-0.3, -0.25) is 4.57 Å².